The van der Waals surface area contributed by atoms with Crippen molar-refractivity contribution in [1.29, 1.82) is 0 Å². The van der Waals surface area contributed by atoms with Gasteiger partial charge in [0, 0.05) is 11.8 Å². The molecule has 5 N–H and O–H groups in total. The van der Waals surface area contributed by atoms with E-state index >= 15 is 0 Å². The number of pyridine rings is 1. The zero-order valence-corrected chi connectivity index (χ0v) is 20.7. The second kappa shape index (κ2) is 14.8. The first-order valence-electron chi connectivity index (χ1n) is 12.5. The highest BCUT2D eigenvalue weighted by molar-refractivity contribution is 5.28. The molecule has 1 aliphatic rings. The SMILES string of the molecule is COc1c(C)[nH]c(CCCCCCCCCC[C@H](C)O[C@H]2O[C@@H](CO)[C@H](O)[C@@H](O)[C@@H]2O)cc1=O. The molecule has 9 nitrogen and oxygen atoms in total. The smallest absolute Gasteiger partial charge is 0.223 e. The highest BCUT2D eigenvalue weighted by Gasteiger charge is 2.44. The summed E-state index contributed by atoms with van der Waals surface area (Å²) >= 11 is 0. The molecule has 0 bridgehead atoms. The minimum Gasteiger partial charge on any atom is -0.491 e. The molecule has 9 heteroatoms. The van der Waals surface area contributed by atoms with Crippen LogP contribution in [0.3, 0.4) is 0 Å². The van der Waals surface area contributed by atoms with Gasteiger partial charge in [0.15, 0.2) is 12.0 Å². The maximum Gasteiger partial charge on any atom is 0.223 e. The highest BCUT2D eigenvalue weighted by atomic mass is 16.7. The van der Waals surface area contributed by atoms with Crippen LogP contribution in [0.15, 0.2) is 10.9 Å². The van der Waals surface area contributed by atoms with E-state index in [9.17, 15) is 25.2 Å². The van der Waals surface area contributed by atoms with Gasteiger partial charge in [-0.15, -0.1) is 0 Å². The lowest BCUT2D eigenvalue weighted by Crippen LogP contribution is -2.59. The predicted molar refractivity (Wildman–Crippen MR) is 128 cm³/mol. The molecule has 0 aromatic carbocycles. The van der Waals surface area contributed by atoms with Crippen LogP contribution in [0.4, 0.5) is 0 Å². The molecule has 34 heavy (non-hydrogen) atoms. The fourth-order valence-electron chi connectivity index (χ4n) is 4.42. The first kappa shape index (κ1) is 28.7. The van der Waals surface area contributed by atoms with Gasteiger partial charge in [0.25, 0.3) is 0 Å². The number of nitrogens with one attached hydrogen (secondary N) is 1. The summed E-state index contributed by atoms with van der Waals surface area (Å²) in [6, 6.07) is 1.63. The molecule has 0 radical (unpaired) electrons. The van der Waals surface area contributed by atoms with E-state index in [1.54, 1.807) is 6.07 Å². The Balaban J connectivity index is 1.51. The molecule has 0 unspecified atom stereocenters. The highest BCUT2D eigenvalue weighted by Crippen LogP contribution is 2.24. The van der Waals surface area contributed by atoms with Gasteiger partial charge < -0.3 is 39.6 Å². The quantitative estimate of drug-likeness (QED) is 0.237. The second-order valence-corrected chi connectivity index (χ2v) is 9.33. The molecule has 2 heterocycles. The Labute approximate surface area is 202 Å². The van der Waals surface area contributed by atoms with Crippen molar-refractivity contribution in [3.63, 3.8) is 0 Å². The number of rotatable bonds is 15. The molecule has 1 aromatic heterocycles. The largest absolute Gasteiger partial charge is 0.491 e. The number of ether oxygens (including phenoxy) is 3. The van der Waals surface area contributed by atoms with Gasteiger partial charge in [-0.3, -0.25) is 4.79 Å². The summed E-state index contributed by atoms with van der Waals surface area (Å²) in [6.07, 6.45) is 4.32. The number of unbranched alkanes of at least 4 members (excludes halogenated alkanes) is 7. The average molecular weight is 486 g/mol. The molecule has 196 valence electrons. The molecule has 0 amide bonds. The van der Waals surface area contributed by atoms with Crippen molar-refractivity contribution in [2.75, 3.05) is 13.7 Å². The van der Waals surface area contributed by atoms with Crippen LogP contribution < -0.4 is 10.2 Å². The van der Waals surface area contributed by atoms with Gasteiger partial charge in [-0.05, 0) is 33.1 Å². The van der Waals surface area contributed by atoms with E-state index in [4.69, 9.17) is 14.2 Å². The number of hydrogen-bond donors (Lipinski definition) is 5. The van der Waals surface area contributed by atoms with Crippen molar-refractivity contribution in [1.82, 2.24) is 4.98 Å². The Bertz CT molecular complexity index is 768. The number of aryl methyl sites for hydroxylation is 2. The van der Waals surface area contributed by atoms with Gasteiger partial charge in [-0.1, -0.05) is 44.9 Å². The van der Waals surface area contributed by atoms with Crippen LogP contribution in [0.25, 0.3) is 0 Å². The van der Waals surface area contributed by atoms with Crippen molar-refractivity contribution < 1.29 is 34.6 Å². The number of aliphatic hydroxyl groups excluding tert-OH is 4. The van der Waals surface area contributed by atoms with Gasteiger partial charge >= 0.3 is 0 Å². The molecular weight excluding hydrogens is 442 g/mol. The summed E-state index contributed by atoms with van der Waals surface area (Å²) < 4.78 is 16.2. The van der Waals surface area contributed by atoms with Gasteiger partial charge in [-0.2, -0.15) is 0 Å². The van der Waals surface area contributed by atoms with E-state index in [1.165, 1.54) is 26.4 Å². The Morgan fingerprint density at radius 3 is 2.21 bits per heavy atom. The predicted octanol–water partition coefficient (Wildman–Crippen LogP) is 1.95. The fourth-order valence-corrected chi connectivity index (χ4v) is 4.42. The Hall–Kier alpha value is -1.49. The third kappa shape index (κ3) is 8.62. The third-order valence-corrected chi connectivity index (χ3v) is 6.44. The normalized spacial score (nSPS) is 25.9. The molecular formula is C25H43NO8. The first-order valence-corrected chi connectivity index (χ1v) is 12.5. The Morgan fingerprint density at radius 1 is 1.00 bits per heavy atom. The molecule has 0 spiro atoms. The molecule has 1 fully saturated rings. The van der Waals surface area contributed by atoms with E-state index < -0.39 is 37.3 Å². The van der Waals surface area contributed by atoms with Crippen LogP contribution in [0.2, 0.25) is 0 Å². The van der Waals surface area contributed by atoms with Crippen molar-refractivity contribution in [2.45, 2.75) is 115 Å². The van der Waals surface area contributed by atoms with Gasteiger partial charge in [0.1, 0.15) is 24.4 Å². The van der Waals surface area contributed by atoms with Crippen molar-refractivity contribution in [2.24, 2.45) is 0 Å². The van der Waals surface area contributed by atoms with Gasteiger partial charge in [-0.25, -0.2) is 0 Å². The number of methoxy groups -OCH3 is 1. The van der Waals surface area contributed by atoms with Crippen LogP contribution >= 0.6 is 0 Å². The standard InChI is InChI=1S/C25H43NO8/c1-16(33-25-23(31)22(30)21(29)20(15-27)34-25)12-10-8-6-4-5-7-9-11-13-18-14-19(28)24(32-3)17(2)26-18/h14,16,20-23,25,27,29-31H,4-13,15H2,1-3H3,(H,26,28)/t16-,20-,21-,22+,23-,25-/m0/s1. The summed E-state index contributed by atoms with van der Waals surface area (Å²) in [5.41, 5.74) is 1.67. The van der Waals surface area contributed by atoms with E-state index in [0.717, 1.165) is 56.3 Å². The van der Waals surface area contributed by atoms with Crippen LogP contribution in [0, 0.1) is 6.92 Å². The van der Waals surface area contributed by atoms with E-state index in [-0.39, 0.29) is 11.5 Å². The Morgan fingerprint density at radius 2 is 1.62 bits per heavy atom. The molecule has 2 rings (SSSR count). The molecule has 1 aromatic rings. The number of H-pyrrole nitrogens is 1. The van der Waals surface area contributed by atoms with E-state index in [2.05, 4.69) is 4.98 Å². The van der Waals surface area contributed by atoms with Crippen LogP contribution in [-0.4, -0.2) is 75.9 Å². The molecule has 6 atom stereocenters. The summed E-state index contributed by atoms with van der Waals surface area (Å²) in [6.45, 7) is 3.28. The maximum absolute atomic E-state index is 12.0. The lowest BCUT2D eigenvalue weighted by atomic mass is 9.99. The minimum atomic E-state index is -1.41. The van der Waals surface area contributed by atoms with E-state index in [0.29, 0.717) is 5.75 Å². The lowest BCUT2D eigenvalue weighted by molar-refractivity contribution is -0.310. The first-order chi connectivity index (χ1) is 16.3. The van der Waals surface area contributed by atoms with E-state index in [1.807, 2.05) is 13.8 Å². The molecule has 0 saturated carbocycles. The zero-order valence-electron chi connectivity index (χ0n) is 20.7. The van der Waals surface area contributed by atoms with Crippen LogP contribution in [0.1, 0.15) is 76.1 Å². The molecule has 0 aliphatic carbocycles. The number of aromatic nitrogens is 1. The summed E-state index contributed by atoms with van der Waals surface area (Å²) in [4.78, 5) is 15.2. The fraction of sp³-hybridized carbons (Fsp3) is 0.800. The Kier molecular flexibility index (Phi) is 12.5. The summed E-state index contributed by atoms with van der Waals surface area (Å²) in [7, 11) is 1.51. The minimum absolute atomic E-state index is 0.0679. The number of aromatic amines is 1. The third-order valence-electron chi connectivity index (χ3n) is 6.44. The number of aliphatic hydroxyl groups is 4. The second-order valence-electron chi connectivity index (χ2n) is 9.33. The van der Waals surface area contributed by atoms with Crippen molar-refractivity contribution in [3.05, 3.63) is 27.7 Å². The topological polar surface area (TPSA) is 141 Å². The average Bonchev–Trinajstić information content (AvgIpc) is 2.80. The summed E-state index contributed by atoms with van der Waals surface area (Å²) in [5.74, 6) is 0.388. The van der Waals surface area contributed by atoms with Gasteiger partial charge in [0.2, 0.25) is 5.43 Å². The van der Waals surface area contributed by atoms with Crippen LogP contribution in [0.5, 0.6) is 5.75 Å². The summed E-state index contributed by atoms with van der Waals surface area (Å²) in [5, 5.41) is 39.0. The maximum atomic E-state index is 12.0. The van der Waals surface area contributed by atoms with Gasteiger partial charge in [0.05, 0.1) is 25.5 Å². The van der Waals surface area contributed by atoms with Crippen molar-refractivity contribution in [3.8, 4) is 5.75 Å². The van der Waals surface area contributed by atoms with Crippen LogP contribution in [-0.2, 0) is 15.9 Å². The molecule has 1 saturated heterocycles. The zero-order chi connectivity index (χ0) is 25.1. The molecule has 1 aliphatic heterocycles. The number of hydrogen-bond acceptors (Lipinski definition) is 8. The lowest BCUT2D eigenvalue weighted by Gasteiger charge is -2.40. The monoisotopic (exact) mass is 485 g/mol. The van der Waals surface area contributed by atoms with Crippen molar-refractivity contribution >= 4 is 0 Å².